The van der Waals surface area contributed by atoms with Crippen LogP contribution < -0.4 is 11.1 Å². The third-order valence-electron chi connectivity index (χ3n) is 2.64. The van der Waals surface area contributed by atoms with Crippen LogP contribution in [-0.4, -0.2) is 18.0 Å². The van der Waals surface area contributed by atoms with E-state index >= 15 is 0 Å². The predicted molar refractivity (Wildman–Crippen MR) is 53.2 cm³/mol. The summed E-state index contributed by atoms with van der Waals surface area (Å²) in [6, 6.07) is 0.724. The first-order chi connectivity index (χ1) is 6.09. The number of nitrogens with two attached hydrogens (primary N) is 1. The molecule has 3 nitrogen and oxygen atoms in total. The maximum absolute atomic E-state index is 11.4. The molecule has 1 fully saturated rings. The minimum Gasteiger partial charge on any atom is -0.353 e. The van der Waals surface area contributed by atoms with E-state index in [1.807, 2.05) is 13.8 Å². The number of carbonyl (C=O) groups is 1. The summed E-state index contributed by atoms with van der Waals surface area (Å²) in [5, 5.41) is 3.04. The lowest BCUT2D eigenvalue weighted by atomic mass is 9.91. The van der Waals surface area contributed by atoms with Crippen molar-refractivity contribution in [2.75, 3.05) is 0 Å². The van der Waals surface area contributed by atoms with Crippen LogP contribution in [0.2, 0.25) is 0 Å². The summed E-state index contributed by atoms with van der Waals surface area (Å²) in [6.45, 7) is 3.84. The molecule has 76 valence electrons. The molecule has 1 rings (SSSR count). The standard InChI is InChI=1S/C10H20N2O/c1-7(2)10(13)12-9-5-3-8(11)4-6-9/h7-9H,3-6,11H2,1-2H3,(H,12,13). The number of carbonyl (C=O) groups excluding carboxylic acids is 1. The largest absolute Gasteiger partial charge is 0.353 e. The van der Waals surface area contributed by atoms with Crippen molar-refractivity contribution < 1.29 is 4.79 Å². The monoisotopic (exact) mass is 184 g/mol. The fraction of sp³-hybridized carbons (Fsp3) is 0.900. The van der Waals surface area contributed by atoms with Crippen molar-refractivity contribution in [1.29, 1.82) is 0 Å². The summed E-state index contributed by atoms with van der Waals surface area (Å²) in [7, 11) is 0. The summed E-state index contributed by atoms with van der Waals surface area (Å²) >= 11 is 0. The Bertz CT molecular complexity index is 172. The molecule has 0 spiro atoms. The minimum absolute atomic E-state index is 0.0931. The van der Waals surface area contributed by atoms with Gasteiger partial charge in [0.15, 0.2) is 0 Å². The van der Waals surface area contributed by atoms with Crippen LogP contribution in [0.15, 0.2) is 0 Å². The van der Waals surface area contributed by atoms with E-state index in [4.69, 9.17) is 5.73 Å². The van der Waals surface area contributed by atoms with Crippen molar-refractivity contribution in [2.24, 2.45) is 11.7 Å². The van der Waals surface area contributed by atoms with Crippen LogP contribution in [0.4, 0.5) is 0 Å². The second kappa shape index (κ2) is 4.61. The lowest BCUT2D eigenvalue weighted by molar-refractivity contribution is -0.124. The summed E-state index contributed by atoms with van der Waals surface area (Å²) in [4.78, 5) is 11.4. The first kappa shape index (κ1) is 10.5. The van der Waals surface area contributed by atoms with Crippen molar-refractivity contribution in [2.45, 2.75) is 51.6 Å². The molecule has 0 aromatic rings. The van der Waals surface area contributed by atoms with Crippen molar-refractivity contribution in [1.82, 2.24) is 5.32 Å². The molecule has 0 saturated heterocycles. The van der Waals surface area contributed by atoms with Gasteiger partial charge in [-0.3, -0.25) is 4.79 Å². The molecule has 1 amide bonds. The smallest absolute Gasteiger partial charge is 0.222 e. The zero-order valence-corrected chi connectivity index (χ0v) is 8.55. The Morgan fingerprint density at radius 1 is 1.31 bits per heavy atom. The molecule has 3 heteroatoms. The van der Waals surface area contributed by atoms with Crippen molar-refractivity contribution in [3.63, 3.8) is 0 Å². The van der Waals surface area contributed by atoms with Crippen molar-refractivity contribution in [3.8, 4) is 0 Å². The first-order valence-electron chi connectivity index (χ1n) is 5.15. The van der Waals surface area contributed by atoms with E-state index in [-0.39, 0.29) is 11.8 Å². The van der Waals surface area contributed by atoms with E-state index in [0.717, 1.165) is 25.7 Å². The molecule has 13 heavy (non-hydrogen) atoms. The highest BCUT2D eigenvalue weighted by atomic mass is 16.1. The SMILES string of the molecule is CC(C)C(=O)NC1CCC(N)CC1. The van der Waals surface area contributed by atoms with E-state index in [1.54, 1.807) is 0 Å². The molecule has 0 heterocycles. The molecular weight excluding hydrogens is 164 g/mol. The fourth-order valence-corrected chi connectivity index (χ4v) is 1.63. The van der Waals surface area contributed by atoms with Crippen LogP contribution in [0.3, 0.4) is 0 Å². The molecule has 0 aromatic carbocycles. The van der Waals surface area contributed by atoms with E-state index in [1.165, 1.54) is 0 Å². The Kier molecular flexibility index (Phi) is 3.72. The van der Waals surface area contributed by atoms with Crippen LogP contribution >= 0.6 is 0 Å². The molecule has 0 aromatic heterocycles. The second-order valence-corrected chi connectivity index (χ2v) is 4.27. The Hall–Kier alpha value is -0.570. The summed E-state index contributed by atoms with van der Waals surface area (Å²) in [5.41, 5.74) is 5.77. The maximum atomic E-state index is 11.4. The molecule has 0 aliphatic heterocycles. The Labute approximate surface area is 80.1 Å². The third-order valence-corrected chi connectivity index (χ3v) is 2.64. The Morgan fingerprint density at radius 3 is 2.31 bits per heavy atom. The van der Waals surface area contributed by atoms with Crippen LogP contribution in [0, 0.1) is 5.92 Å². The van der Waals surface area contributed by atoms with Gasteiger partial charge >= 0.3 is 0 Å². The van der Waals surface area contributed by atoms with Gasteiger partial charge in [-0.1, -0.05) is 13.8 Å². The maximum Gasteiger partial charge on any atom is 0.222 e. The van der Waals surface area contributed by atoms with E-state index < -0.39 is 0 Å². The number of nitrogens with one attached hydrogen (secondary N) is 1. The van der Waals surface area contributed by atoms with Crippen LogP contribution in [0.5, 0.6) is 0 Å². The molecular formula is C10H20N2O. The highest BCUT2D eigenvalue weighted by Crippen LogP contribution is 2.17. The van der Waals surface area contributed by atoms with Crippen molar-refractivity contribution >= 4 is 5.91 Å². The lowest BCUT2D eigenvalue weighted by Gasteiger charge is -2.27. The van der Waals surface area contributed by atoms with Crippen molar-refractivity contribution in [3.05, 3.63) is 0 Å². The zero-order chi connectivity index (χ0) is 9.84. The zero-order valence-electron chi connectivity index (χ0n) is 8.55. The molecule has 1 saturated carbocycles. The van der Waals surface area contributed by atoms with Gasteiger partial charge in [-0.15, -0.1) is 0 Å². The van der Waals surface area contributed by atoms with E-state index in [0.29, 0.717) is 12.1 Å². The molecule has 1 aliphatic carbocycles. The fourth-order valence-electron chi connectivity index (χ4n) is 1.63. The topological polar surface area (TPSA) is 55.1 Å². The highest BCUT2D eigenvalue weighted by Gasteiger charge is 2.20. The van der Waals surface area contributed by atoms with Gasteiger partial charge in [0.1, 0.15) is 0 Å². The van der Waals surface area contributed by atoms with Gasteiger partial charge in [0.25, 0.3) is 0 Å². The minimum atomic E-state index is 0.0931. The third kappa shape index (κ3) is 3.35. The van der Waals surface area contributed by atoms with Gasteiger partial charge in [-0.2, -0.15) is 0 Å². The molecule has 0 bridgehead atoms. The summed E-state index contributed by atoms with van der Waals surface area (Å²) < 4.78 is 0. The number of amides is 1. The molecule has 0 atom stereocenters. The summed E-state index contributed by atoms with van der Waals surface area (Å²) in [5.74, 6) is 0.260. The first-order valence-corrected chi connectivity index (χ1v) is 5.15. The average molecular weight is 184 g/mol. The van der Waals surface area contributed by atoms with Crippen LogP contribution in [0.1, 0.15) is 39.5 Å². The number of rotatable bonds is 2. The molecule has 0 unspecified atom stereocenters. The van der Waals surface area contributed by atoms with E-state index in [9.17, 15) is 4.79 Å². The Morgan fingerprint density at radius 2 is 1.85 bits per heavy atom. The predicted octanol–water partition coefficient (Wildman–Crippen LogP) is 1.03. The van der Waals surface area contributed by atoms with Gasteiger partial charge in [-0.25, -0.2) is 0 Å². The average Bonchev–Trinajstić information content (AvgIpc) is 2.08. The highest BCUT2D eigenvalue weighted by molar-refractivity contribution is 5.78. The normalized spacial score (nSPS) is 28.9. The number of hydrogen-bond acceptors (Lipinski definition) is 2. The van der Waals surface area contributed by atoms with Gasteiger partial charge in [-0.05, 0) is 25.7 Å². The van der Waals surface area contributed by atoms with Gasteiger partial charge in [0.2, 0.25) is 5.91 Å². The second-order valence-electron chi connectivity index (χ2n) is 4.27. The van der Waals surface area contributed by atoms with Gasteiger partial charge in [0.05, 0.1) is 0 Å². The summed E-state index contributed by atoms with van der Waals surface area (Å²) in [6.07, 6.45) is 4.17. The van der Waals surface area contributed by atoms with Crippen LogP contribution in [0.25, 0.3) is 0 Å². The molecule has 0 radical (unpaired) electrons. The van der Waals surface area contributed by atoms with Gasteiger partial charge in [0, 0.05) is 18.0 Å². The lowest BCUT2D eigenvalue weighted by Crippen LogP contribution is -2.41. The van der Waals surface area contributed by atoms with Crippen LogP contribution in [-0.2, 0) is 4.79 Å². The van der Waals surface area contributed by atoms with E-state index in [2.05, 4.69) is 5.32 Å². The Balaban J connectivity index is 2.26. The quantitative estimate of drug-likeness (QED) is 0.673. The molecule has 1 aliphatic rings. The number of hydrogen-bond donors (Lipinski definition) is 2. The van der Waals surface area contributed by atoms with Gasteiger partial charge < -0.3 is 11.1 Å². The molecule has 3 N–H and O–H groups in total.